The maximum atomic E-state index is 12.2. The molecule has 0 fully saturated rings. The third-order valence-electron chi connectivity index (χ3n) is 3.07. The van der Waals surface area contributed by atoms with Crippen molar-refractivity contribution < 1.29 is 29.1 Å². The van der Waals surface area contributed by atoms with Crippen molar-refractivity contribution in [2.75, 3.05) is 20.0 Å². The summed E-state index contributed by atoms with van der Waals surface area (Å²) in [5.74, 6) is -1.44. The molecule has 132 valence electrons. The van der Waals surface area contributed by atoms with Crippen LogP contribution in [0.5, 0.6) is 0 Å². The van der Waals surface area contributed by atoms with E-state index in [1.54, 1.807) is 0 Å². The topological polar surface area (TPSA) is 128 Å². The number of carboxylic acid groups (broad SMARTS) is 1. The van der Waals surface area contributed by atoms with E-state index < -0.39 is 22.8 Å². The van der Waals surface area contributed by atoms with E-state index >= 15 is 0 Å². The van der Waals surface area contributed by atoms with Gasteiger partial charge in [0.15, 0.2) is 0 Å². The summed E-state index contributed by atoms with van der Waals surface area (Å²) in [5, 5.41) is 22.0. The van der Waals surface area contributed by atoms with E-state index in [1.807, 2.05) is 6.92 Å². The Balaban J connectivity index is 2.63. The zero-order valence-electron chi connectivity index (χ0n) is 13.3. The average molecular weight is 340 g/mol. The maximum Gasteiger partial charge on any atom is 0.303 e. The first kappa shape index (κ1) is 19.5. The summed E-state index contributed by atoms with van der Waals surface area (Å²) in [4.78, 5) is 32.9. The number of ether oxygens (including phenoxy) is 2. The van der Waals surface area contributed by atoms with Crippen LogP contribution in [0, 0.1) is 10.1 Å². The Morgan fingerprint density at radius 1 is 1.29 bits per heavy atom. The fourth-order valence-corrected chi connectivity index (χ4v) is 1.83. The maximum absolute atomic E-state index is 12.2. The third-order valence-corrected chi connectivity index (χ3v) is 3.07. The number of aliphatic carboxylic acids is 1. The minimum absolute atomic E-state index is 0.0491. The number of nitrogens with one attached hydrogen (secondary N) is 1. The van der Waals surface area contributed by atoms with Gasteiger partial charge in [-0.25, -0.2) is 0 Å². The summed E-state index contributed by atoms with van der Waals surface area (Å²) in [6, 6.07) is 4.62. The second-order valence-corrected chi connectivity index (χ2v) is 4.89. The van der Waals surface area contributed by atoms with Gasteiger partial charge in [-0.3, -0.25) is 19.7 Å². The molecule has 0 spiro atoms. The first-order valence-corrected chi connectivity index (χ1v) is 7.36. The van der Waals surface area contributed by atoms with Crippen molar-refractivity contribution in [3.63, 3.8) is 0 Å². The Bertz CT molecular complexity index is 559. The molecule has 1 aromatic rings. The van der Waals surface area contributed by atoms with Gasteiger partial charge in [-0.2, -0.15) is 0 Å². The Kier molecular flexibility index (Phi) is 8.37. The summed E-state index contributed by atoms with van der Waals surface area (Å²) in [6.07, 6.45) is 0.0728. The number of rotatable bonds is 11. The van der Waals surface area contributed by atoms with Gasteiger partial charge >= 0.3 is 5.97 Å². The number of carbonyl (C=O) groups is 2. The summed E-state index contributed by atoms with van der Waals surface area (Å²) in [6.45, 7) is 2.44. The Labute approximate surface area is 138 Å². The fraction of sp³-hybridized carbons (Fsp3) is 0.467. The SMILES string of the molecule is CCOCOCC(CCC(=O)O)NC(=O)c1ccc([N+](=O)[O-])cc1. The molecule has 0 aliphatic rings. The lowest BCUT2D eigenvalue weighted by atomic mass is 10.1. The summed E-state index contributed by atoms with van der Waals surface area (Å²) in [5.41, 5.74) is 0.125. The lowest BCUT2D eigenvalue weighted by Gasteiger charge is -2.18. The molecule has 9 nitrogen and oxygen atoms in total. The van der Waals surface area contributed by atoms with Crippen molar-refractivity contribution >= 4 is 17.6 Å². The van der Waals surface area contributed by atoms with E-state index in [2.05, 4.69) is 5.32 Å². The van der Waals surface area contributed by atoms with Gasteiger partial charge in [0.25, 0.3) is 11.6 Å². The lowest BCUT2D eigenvalue weighted by Crippen LogP contribution is -2.38. The molecule has 1 amide bonds. The van der Waals surface area contributed by atoms with E-state index in [-0.39, 0.29) is 37.5 Å². The van der Waals surface area contributed by atoms with Gasteiger partial charge < -0.3 is 19.9 Å². The summed E-state index contributed by atoms with van der Waals surface area (Å²) in [7, 11) is 0. The number of carboxylic acids is 1. The Morgan fingerprint density at radius 2 is 1.96 bits per heavy atom. The number of nitrogens with zero attached hydrogens (tertiary/aromatic N) is 1. The molecule has 1 aromatic carbocycles. The van der Waals surface area contributed by atoms with Gasteiger partial charge in [0.1, 0.15) is 6.79 Å². The monoisotopic (exact) mass is 340 g/mol. The second-order valence-electron chi connectivity index (χ2n) is 4.89. The minimum Gasteiger partial charge on any atom is -0.481 e. The number of amides is 1. The average Bonchev–Trinajstić information content (AvgIpc) is 2.56. The van der Waals surface area contributed by atoms with E-state index in [0.717, 1.165) is 0 Å². The van der Waals surface area contributed by atoms with Crippen LogP contribution in [0.2, 0.25) is 0 Å². The Morgan fingerprint density at radius 3 is 2.50 bits per heavy atom. The lowest BCUT2D eigenvalue weighted by molar-refractivity contribution is -0.384. The number of benzene rings is 1. The number of nitro groups is 1. The third kappa shape index (κ3) is 7.16. The van der Waals surface area contributed by atoms with Gasteiger partial charge in [-0.1, -0.05) is 0 Å². The molecule has 2 N–H and O–H groups in total. The number of hydrogen-bond acceptors (Lipinski definition) is 6. The van der Waals surface area contributed by atoms with Crippen LogP contribution in [0.25, 0.3) is 0 Å². The van der Waals surface area contributed by atoms with Gasteiger partial charge in [0, 0.05) is 30.7 Å². The predicted octanol–water partition coefficient (Wildman–Crippen LogP) is 1.57. The molecule has 0 aliphatic carbocycles. The highest BCUT2D eigenvalue weighted by Gasteiger charge is 2.16. The quantitative estimate of drug-likeness (QED) is 0.271. The summed E-state index contributed by atoms with van der Waals surface area (Å²) < 4.78 is 10.3. The Hall–Kier alpha value is -2.52. The predicted molar refractivity (Wildman–Crippen MR) is 83.7 cm³/mol. The first-order valence-electron chi connectivity index (χ1n) is 7.36. The van der Waals surface area contributed by atoms with Crippen LogP contribution in [0.15, 0.2) is 24.3 Å². The van der Waals surface area contributed by atoms with Crippen molar-refractivity contribution in [3.05, 3.63) is 39.9 Å². The number of carbonyl (C=O) groups excluding carboxylic acids is 1. The molecule has 0 radical (unpaired) electrons. The molecule has 1 rings (SSSR count). The van der Waals surface area contributed by atoms with Crippen LogP contribution in [0.4, 0.5) is 5.69 Å². The van der Waals surface area contributed by atoms with Crippen molar-refractivity contribution in [2.45, 2.75) is 25.8 Å². The normalized spacial score (nSPS) is 11.7. The van der Waals surface area contributed by atoms with Crippen LogP contribution in [0.3, 0.4) is 0 Å². The highest BCUT2D eigenvalue weighted by atomic mass is 16.7. The van der Waals surface area contributed by atoms with E-state index in [9.17, 15) is 19.7 Å². The molecular weight excluding hydrogens is 320 g/mol. The highest BCUT2D eigenvalue weighted by molar-refractivity contribution is 5.94. The van der Waals surface area contributed by atoms with Gasteiger partial charge in [0.05, 0.1) is 17.6 Å². The zero-order valence-corrected chi connectivity index (χ0v) is 13.3. The molecule has 0 heterocycles. The molecule has 0 saturated carbocycles. The molecule has 0 bridgehead atoms. The second kappa shape index (κ2) is 10.3. The molecule has 0 aromatic heterocycles. The van der Waals surface area contributed by atoms with Crippen molar-refractivity contribution in [3.8, 4) is 0 Å². The molecule has 0 aliphatic heterocycles. The molecule has 24 heavy (non-hydrogen) atoms. The molecule has 1 atom stereocenters. The minimum atomic E-state index is -0.977. The van der Waals surface area contributed by atoms with Gasteiger partial charge in [-0.05, 0) is 25.5 Å². The number of nitro benzene ring substituents is 1. The standard InChI is InChI=1S/C15H20N2O7/c1-2-23-10-24-9-12(5-8-14(18)19)16-15(20)11-3-6-13(7-4-11)17(21)22/h3-4,6-7,12H,2,5,8-10H2,1H3,(H,16,20)(H,18,19). The van der Waals surface area contributed by atoms with E-state index in [4.69, 9.17) is 14.6 Å². The first-order chi connectivity index (χ1) is 11.4. The van der Waals surface area contributed by atoms with Crippen LogP contribution in [-0.2, 0) is 14.3 Å². The molecule has 0 saturated heterocycles. The number of hydrogen-bond donors (Lipinski definition) is 2. The van der Waals surface area contributed by atoms with Gasteiger partial charge in [0.2, 0.25) is 0 Å². The van der Waals surface area contributed by atoms with E-state index in [0.29, 0.717) is 6.61 Å². The van der Waals surface area contributed by atoms with Crippen LogP contribution < -0.4 is 5.32 Å². The van der Waals surface area contributed by atoms with E-state index in [1.165, 1.54) is 24.3 Å². The summed E-state index contributed by atoms with van der Waals surface area (Å²) >= 11 is 0. The van der Waals surface area contributed by atoms with Crippen molar-refractivity contribution in [1.82, 2.24) is 5.32 Å². The fourth-order valence-electron chi connectivity index (χ4n) is 1.83. The van der Waals surface area contributed by atoms with Crippen molar-refractivity contribution in [1.29, 1.82) is 0 Å². The van der Waals surface area contributed by atoms with Crippen LogP contribution in [0.1, 0.15) is 30.1 Å². The largest absolute Gasteiger partial charge is 0.481 e. The van der Waals surface area contributed by atoms with Crippen LogP contribution >= 0.6 is 0 Å². The van der Waals surface area contributed by atoms with Crippen molar-refractivity contribution in [2.24, 2.45) is 0 Å². The smallest absolute Gasteiger partial charge is 0.303 e. The number of non-ortho nitro benzene ring substituents is 1. The molecule has 9 heteroatoms. The molecular formula is C15H20N2O7. The van der Waals surface area contributed by atoms with Gasteiger partial charge in [-0.15, -0.1) is 0 Å². The highest BCUT2D eigenvalue weighted by Crippen LogP contribution is 2.12. The van der Waals surface area contributed by atoms with Crippen LogP contribution in [-0.4, -0.2) is 48.0 Å². The molecule has 1 unspecified atom stereocenters. The zero-order chi connectivity index (χ0) is 17.9.